The van der Waals surface area contributed by atoms with Crippen molar-refractivity contribution in [2.45, 2.75) is 19.3 Å². The Kier molecular flexibility index (Phi) is 4.41. The topological polar surface area (TPSA) is 46.5 Å². The highest BCUT2D eigenvalue weighted by molar-refractivity contribution is 5.77. The minimum atomic E-state index is -0.835. The predicted octanol–water partition coefficient (Wildman–Crippen LogP) is 3.41. The van der Waals surface area contributed by atoms with Crippen LogP contribution in [0.25, 0.3) is 0 Å². The molecule has 0 spiro atoms. The Balaban J connectivity index is 2.37. The number of ether oxygens (including phenoxy) is 1. The molecule has 1 N–H and O–H groups in total. The first-order chi connectivity index (χ1) is 9.63. The molecule has 2 rings (SSSR count). The van der Waals surface area contributed by atoms with Crippen LogP contribution in [0.2, 0.25) is 0 Å². The number of hydrogen-bond donors (Lipinski definition) is 1. The van der Waals surface area contributed by atoms with Crippen molar-refractivity contribution >= 4 is 5.97 Å². The van der Waals surface area contributed by atoms with Gasteiger partial charge in [0.2, 0.25) is 0 Å². The highest BCUT2D eigenvalue weighted by atomic mass is 16.5. The van der Waals surface area contributed by atoms with Gasteiger partial charge in [0.25, 0.3) is 0 Å². The number of para-hydroxylation sites is 1. The standard InChI is InChI=1S/C17H18O3/c1-12-7-3-4-8-13(12)11-15(17(18)19)14-9-5-6-10-16(14)20-2/h3-10,15H,11H2,1-2H3,(H,18,19). The molecule has 0 aliphatic carbocycles. The largest absolute Gasteiger partial charge is 0.496 e. The Morgan fingerprint density at radius 1 is 1.15 bits per heavy atom. The number of aryl methyl sites for hydroxylation is 1. The van der Waals surface area contributed by atoms with E-state index in [1.54, 1.807) is 13.2 Å². The first-order valence-corrected chi connectivity index (χ1v) is 6.53. The van der Waals surface area contributed by atoms with Crippen molar-refractivity contribution in [2.75, 3.05) is 7.11 Å². The lowest BCUT2D eigenvalue weighted by Gasteiger charge is -2.17. The Labute approximate surface area is 118 Å². The van der Waals surface area contributed by atoms with Gasteiger partial charge < -0.3 is 9.84 Å². The van der Waals surface area contributed by atoms with E-state index in [4.69, 9.17) is 4.74 Å². The van der Waals surface area contributed by atoms with Crippen molar-refractivity contribution in [3.63, 3.8) is 0 Å². The maximum Gasteiger partial charge on any atom is 0.311 e. The van der Waals surface area contributed by atoms with Crippen LogP contribution in [-0.4, -0.2) is 18.2 Å². The number of methoxy groups -OCH3 is 1. The molecule has 0 aliphatic heterocycles. The summed E-state index contributed by atoms with van der Waals surface area (Å²) < 4.78 is 5.28. The van der Waals surface area contributed by atoms with E-state index < -0.39 is 11.9 Å². The second kappa shape index (κ2) is 6.24. The van der Waals surface area contributed by atoms with E-state index in [0.29, 0.717) is 17.7 Å². The third kappa shape index (κ3) is 2.99. The van der Waals surface area contributed by atoms with Crippen LogP contribution in [-0.2, 0) is 11.2 Å². The van der Waals surface area contributed by atoms with Gasteiger partial charge in [-0.25, -0.2) is 0 Å². The van der Waals surface area contributed by atoms with Gasteiger partial charge >= 0.3 is 5.97 Å². The van der Waals surface area contributed by atoms with Crippen LogP contribution in [0.4, 0.5) is 0 Å². The summed E-state index contributed by atoms with van der Waals surface area (Å²) in [6.45, 7) is 2.00. The van der Waals surface area contributed by atoms with Crippen molar-refractivity contribution in [3.8, 4) is 5.75 Å². The molecule has 0 saturated heterocycles. The fraction of sp³-hybridized carbons (Fsp3) is 0.235. The molecule has 104 valence electrons. The molecule has 0 saturated carbocycles. The number of hydrogen-bond acceptors (Lipinski definition) is 2. The van der Waals surface area contributed by atoms with Crippen LogP contribution in [0, 0.1) is 6.92 Å². The van der Waals surface area contributed by atoms with Gasteiger partial charge in [-0.3, -0.25) is 4.79 Å². The van der Waals surface area contributed by atoms with Crippen LogP contribution in [0.5, 0.6) is 5.75 Å². The molecule has 0 radical (unpaired) electrons. The maximum absolute atomic E-state index is 11.6. The third-order valence-electron chi connectivity index (χ3n) is 3.50. The number of aliphatic carboxylic acids is 1. The molecule has 20 heavy (non-hydrogen) atoms. The van der Waals surface area contributed by atoms with E-state index in [-0.39, 0.29) is 0 Å². The highest BCUT2D eigenvalue weighted by Crippen LogP contribution is 2.30. The first kappa shape index (κ1) is 14.1. The molecule has 0 aromatic heterocycles. The van der Waals surface area contributed by atoms with Gasteiger partial charge in [-0.1, -0.05) is 42.5 Å². The summed E-state index contributed by atoms with van der Waals surface area (Å²) in [6, 6.07) is 15.2. The quantitative estimate of drug-likeness (QED) is 0.905. The molecule has 1 atom stereocenters. The van der Waals surface area contributed by atoms with Crippen LogP contribution in [0.15, 0.2) is 48.5 Å². The summed E-state index contributed by atoms with van der Waals surface area (Å²) in [5.74, 6) is -0.821. The molecular formula is C17H18O3. The van der Waals surface area contributed by atoms with Crippen molar-refractivity contribution < 1.29 is 14.6 Å². The summed E-state index contributed by atoms with van der Waals surface area (Å²) in [5, 5.41) is 9.54. The third-order valence-corrected chi connectivity index (χ3v) is 3.50. The minimum Gasteiger partial charge on any atom is -0.496 e. The Morgan fingerprint density at radius 3 is 2.45 bits per heavy atom. The van der Waals surface area contributed by atoms with Gasteiger partial charge in [0, 0.05) is 5.56 Å². The molecule has 0 amide bonds. The Bertz CT molecular complexity index is 605. The zero-order chi connectivity index (χ0) is 14.5. The maximum atomic E-state index is 11.6. The molecular weight excluding hydrogens is 252 g/mol. The van der Waals surface area contributed by atoms with Crippen molar-refractivity contribution in [2.24, 2.45) is 0 Å². The van der Waals surface area contributed by atoms with Crippen LogP contribution < -0.4 is 4.74 Å². The van der Waals surface area contributed by atoms with Crippen LogP contribution >= 0.6 is 0 Å². The fourth-order valence-electron chi connectivity index (χ4n) is 2.34. The van der Waals surface area contributed by atoms with Crippen LogP contribution in [0.1, 0.15) is 22.6 Å². The number of benzene rings is 2. The Hall–Kier alpha value is -2.29. The van der Waals surface area contributed by atoms with Crippen LogP contribution in [0.3, 0.4) is 0 Å². The average molecular weight is 270 g/mol. The molecule has 2 aromatic carbocycles. The predicted molar refractivity (Wildman–Crippen MR) is 78.3 cm³/mol. The Morgan fingerprint density at radius 2 is 1.80 bits per heavy atom. The molecule has 3 nitrogen and oxygen atoms in total. The number of carbonyl (C=O) groups is 1. The summed E-state index contributed by atoms with van der Waals surface area (Å²) in [5.41, 5.74) is 2.87. The normalized spacial score (nSPS) is 11.9. The summed E-state index contributed by atoms with van der Waals surface area (Å²) in [4.78, 5) is 11.6. The lowest BCUT2D eigenvalue weighted by atomic mass is 9.90. The molecule has 0 heterocycles. The zero-order valence-electron chi connectivity index (χ0n) is 11.7. The number of carboxylic acid groups (broad SMARTS) is 1. The first-order valence-electron chi connectivity index (χ1n) is 6.53. The summed E-state index contributed by atoms with van der Waals surface area (Å²) in [6.07, 6.45) is 0.461. The summed E-state index contributed by atoms with van der Waals surface area (Å²) >= 11 is 0. The van der Waals surface area contributed by atoms with Gasteiger partial charge in [-0.2, -0.15) is 0 Å². The van der Waals surface area contributed by atoms with E-state index in [1.165, 1.54) is 0 Å². The lowest BCUT2D eigenvalue weighted by molar-refractivity contribution is -0.138. The fourth-order valence-corrected chi connectivity index (χ4v) is 2.34. The van der Waals surface area contributed by atoms with Gasteiger partial charge in [0.1, 0.15) is 5.75 Å². The lowest BCUT2D eigenvalue weighted by Crippen LogP contribution is -2.16. The molecule has 3 heteroatoms. The summed E-state index contributed by atoms with van der Waals surface area (Å²) in [7, 11) is 1.56. The highest BCUT2D eigenvalue weighted by Gasteiger charge is 2.24. The van der Waals surface area contributed by atoms with Gasteiger partial charge in [0.15, 0.2) is 0 Å². The van der Waals surface area contributed by atoms with E-state index in [2.05, 4.69) is 0 Å². The van der Waals surface area contributed by atoms with Gasteiger partial charge in [-0.05, 0) is 30.5 Å². The molecule has 2 aromatic rings. The molecule has 1 unspecified atom stereocenters. The smallest absolute Gasteiger partial charge is 0.311 e. The van der Waals surface area contributed by atoms with E-state index >= 15 is 0 Å². The van der Waals surface area contributed by atoms with Crippen molar-refractivity contribution in [1.82, 2.24) is 0 Å². The zero-order valence-corrected chi connectivity index (χ0v) is 11.7. The second-order valence-electron chi connectivity index (χ2n) is 4.76. The van der Waals surface area contributed by atoms with Gasteiger partial charge in [0.05, 0.1) is 13.0 Å². The molecule has 0 bridgehead atoms. The van der Waals surface area contributed by atoms with Crippen molar-refractivity contribution in [1.29, 1.82) is 0 Å². The molecule has 0 fully saturated rings. The molecule has 0 aliphatic rings. The van der Waals surface area contributed by atoms with Crippen molar-refractivity contribution in [3.05, 3.63) is 65.2 Å². The minimum absolute atomic E-state index is 0.461. The van der Waals surface area contributed by atoms with E-state index in [0.717, 1.165) is 11.1 Å². The SMILES string of the molecule is COc1ccccc1C(Cc1ccccc1C)C(=O)O. The second-order valence-corrected chi connectivity index (χ2v) is 4.76. The number of rotatable bonds is 5. The van der Waals surface area contributed by atoms with E-state index in [9.17, 15) is 9.90 Å². The monoisotopic (exact) mass is 270 g/mol. The van der Waals surface area contributed by atoms with E-state index in [1.807, 2.05) is 49.4 Å². The number of carboxylic acids is 1. The van der Waals surface area contributed by atoms with Gasteiger partial charge in [-0.15, -0.1) is 0 Å². The average Bonchev–Trinajstić information content (AvgIpc) is 2.46.